The Labute approximate surface area is 164 Å². The van der Waals surface area contributed by atoms with Gasteiger partial charge < -0.3 is 4.74 Å². The fourth-order valence-electron chi connectivity index (χ4n) is 2.45. The van der Waals surface area contributed by atoms with Crippen LogP contribution in [0.4, 0.5) is 0 Å². The van der Waals surface area contributed by atoms with Crippen LogP contribution in [0.2, 0.25) is 0 Å². The number of hydrogen-bond acceptors (Lipinski definition) is 3. The number of halogens is 1. The summed E-state index contributed by atoms with van der Waals surface area (Å²) >= 11 is 2.06. The van der Waals surface area contributed by atoms with E-state index in [1.807, 2.05) is 19.1 Å². The van der Waals surface area contributed by atoms with E-state index in [-0.39, 0.29) is 16.4 Å². The van der Waals surface area contributed by atoms with Crippen molar-refractivity contribution in [2.75, 3.05) is 7.11 Å². The van der Waals surface area contributed by atoms with Gasteiger partial charge >= 0.3 is 0 Å². The molecule has 6 heteroatoms. The molecule has 2 aromatic rings. The van der Waals surface area contributed by atoms with Crippen molar-refractivity contribution in [3.63, 3.8) is 0 Å². The van der Waals surface area contributed by atoms with Gasteiger partial charge in [0.2, 0.25) is 10.0 Å². The highest BCUT2D eigenvalue weighted by atomic mass is 127. The van der Waals surface area contributed by atoms with Gasteiger partial charge in [0.1, 0.15) is 5.75 Å². The van der Waals surface area contributed by atoms with Gasteiger partial charge in [-0.05, 0) is 64.3 Å². The fourth-order valence-corrected chi connectivity index (χ4v) is 4.66. The van der Waals surface area contributed by atoms with Crippen molar-refractivity contribution in [3.8, 4) is 5.75 Å². The number of nitrogens with one attached hydrogen (secondary N) is 1. The van der Waals surface area contributed by atoms with Crippen LogP contribution in [0.3, 0.4) is 0 Å². The summed E-state index contributed by atoms with van der Waals surface area (Å²) in [6.07, 6.45) is 0. The maximum absolute atomic E-state index is 12.6. The van der Waals surface area contributed by atoms with Gasteiger partial charge in [0.15, 0.2) is 0 Å². The van der Waals surface area contributed by atoms with Crippen LogP contribution in [0.25, 0.3) is 0 Å². The van der Waals surface area contributed by atoms with E-state index in [4.69, 9.17) is 4.74 Å². The molecule has 2 aromatic carbocycles. The van der Waals surface area contributed by atoms with E-state index in [2.05, 4.69) is 60.2 Å². The van der Waals surface area contributed by atoms with Crippen LogP contribution in [-0.2, 0) is 15.4 Å². The van der Waals surface area contributed by atoms with E-state index < -0.39 is 10.0 Å². The van der Waals surface area contributed by atoms with Gasteiger partial charge in [-0.1, -0.05) is 45.0 Å². The van der Waals surface area contributed by atoms with Crippen molar-refractivity contribution in [1.29, 1.82) is 0 Å². The first-order valence-electron chi connectivity index (χ1n) is 8.01. The normalized spacial score (nSPS) is 13.5. The number of methoxy groups -OCH3 is 1. The molecule has 0 aliphatic heterocycles. The molecule has 1 unspecified atom stereocenters. The topological polar surface area (TPSA) is 55.4 Å². The summed E-state index contributed by atoms with van der Waals surface area (Å²) in [6, 6.07) is 12.6. The lowest BCUT2D eigenvalue weighted by Crippen LogP contribution is -2.27. The van der Waals surface area contributed by atoms with Gasteiger partial charge in [-0.25, -0.2) is 13.1 Å². The molecule has 2 rings (SSSR count). The first kappa shape index (κ1) is 20.2. The molecule has 0 aliphatic carbocycles. The highest BCUT2D eigenvalue weighted by Crippen LogP contribution is 2.26. The molecule has 0 saturated carbocycles. The van der Waals surface area contributed by atoms with E-state index >= 15 is 0 Å². The fraction of sp³-hybridized carbons (Fsp3) is 0.368. The molecule has 25 heavy (non-hydrogen) atoms. The summed E-state index contributed by atoms with van der Waals surface area (Å²) in [6.45, 7) is 8.30. The average molecular weight is 473 g/mol. The lowest BCUT2D eigenvalue weighted by molar-refractivity contribution is 0.411. The third-order valence-electron chi connectivity index (χ3n) is 4.04. The largest absolute Gasteiger partial charge is 0.496 e. The highest BCUT2D eigenvalue weighted by molar-refractivity contribution is 14.1. The van der Waals surface area contributed by atoms with Crippen molar-refractivity contribution < 1.29 is 13.2 Å². The predicted octanol–water partition coefficient (Wildman–Crippen LogP) is 4.64. The Kier molecular flexibility index (Phi) is 6.17. The molecular formula is C19H24INO3S. The first-order chi connectivity index (χ1) is 11.5. The van der Waals surface area contributed by atoms with Crippen LogP contribution in [0.5, 0.6) is 5.75 Å². The molecule has 0 heterocycles. The van der Waals surface area contributed by atoms with Crippen molar-refractivity contribution in [3.05, 3.63) is 57.2 Å². The minimum atomic E-state index is -3.60. The second-order valence-corrected chi connectivity index (χ2v) is 9.89. The molecule has 0 fully saturated rings. The van der Waals surface area contributed by atoms with Crippen LogP contribution in [0.1, 0.15) is 44.9 Å². The molecule has 0 spiro atoms. The standard InChI is InChI=1S/C19H24INO3S/c1-13(14-6-8-15(9-7-14)19(2,3)4)21-25(22,23)16-10-11-18(24-5)17(20)12-16/h6-13,21H,1-5H3. The zero-order valence-electron chi connectivity index (χ0n) is 15.1. The van der Waals surface area contributed by atoms with Crippen molar-refractivity contribution in [2.24, 2.45) is 0 Å². The lowest BCUT2D eigenvalue weighted by atomic mass is 9.86. The van der Waals surface area contributed by atoms with Gasteiger partial charge in [0.05, 0.1) is 15.6 Å². The Balaban J connectivity index is 2.21. The number of rotatable bonds is 5. The Hall–Kier alpha value is -1.12. The maximum Gasteiger partial charge on any atom is 0.241 e. The number of benzene rings is 2. The van der Waals surface area contributed by atoms with E-state index in [0.717, 1.165) is 9.13 Å². The molecule has 136 valence electrons. The zero-order valence-corrected chi connectivity index (χ0v) is 18.1. The molecule has 4 nitrogen and oxygen atoms in total. The van der Waals surface area contributed by atoms with E-state index in [1.165, 1.54) is 5.56 Å². The number of ether oxygens (including phenoxy) is 1. The monoisotopic (exact) mass is 473 g/mol. The predicted molar refractivity (Wildman–Crippen MR) is 110 cm³/mol. The number of hydrogen-bond donors (Lipinski definition) is 1. The summed E-state index contributed by atoms with van der Waals surface area (Å²) in [5, 5.41) is 0. The Morgan fingerprint density at radius 1 is 1.08 bits per heavy atom. The lowest BCUT2D eigenvalue weighted by Gasteiger charge is -2.21. The third-order valence-corrected chi connectivity index (χ3v) is 6.42. The van der Waals surface area contributed by atoms with Crippen LogP contribution in [0.15, 0.2) is 47.4 Å². The van der Waals surface area contributed by atoms with Crippen LogP contribution in [0, 0.1) is 3.57 Å². The SMILES string of the molecule is COc1ccc(S(=O)(=O)NC(C)c2ccc(C(C)(C)C)cc2)cc1I. The molecule has 0 radical (unpaired) electrons. The molecular weight excluding hydrogens is 449 g/mol. The maximum atomic E-state index is 12.6. The molecule has 0 aromatic heterocycles. The van der Waals surface area contributed by atoms with Crippen LogP contribution in [-0.4, -0.2) is 15.5 Å². The average Bonchev–Trinajstić information content (AvgIpc) is 2.53. The van der Waals surface area contributed by atoms with E-state index in [1.54, 1.807) is 25.3 Å². The molecule has 1 atom stereocenters. The third kappa shape index (κ3) is 4.95. The number of sulfonamides is 1. The summed E-state index contributed by atoms with van der Waals surface area (Å²) in [5.74, 6) is 0.658. The second-order valence-electron chi connectivity index (χ2n) is 7.01. The highest BCUT2D eigenvalue weighted by Gasteiger charge is 2.20. The second kappa shape index (κ2) is 7.63. The van der Waals surface area contributed by atoms with Gasteiger partial charge in [0.25, 0.3) is 0 Å². The molecule has 0 amide bonds. The Bertz CT molecular complexity index is 840. The van der Waals surface area contributed by atoms with Gasteiger partial charge in [0, 0.05) is 6.04 Å². The Morgan fingerprint density at radius 3 is 2.16 bits per heavy atom. The van der Waals surface area contributed by atoms with Gasteiger partial charge in [-0.15, -0.1) is 0 Å². The van der Waals surface area contributed by atoms with Gasteiger partial charge in [-0.2, -0.15) is 0 Å². The zero-order chi connectivity index (χ0) is 18.8. The smallest absolute Gasteiger partial charge is 0.241 e. The van der Waals surface area contributed by atoms with E-state index in [9.17, 15) is 8.42 Å². The molecule has 0 aliphatic rings. The first-order valence-corrected chi connectivity index (χ1v) is 10.6. The minimum Gasteiger partial charge on any atom is -0.496 e. The van der Waals surface area contributed by atoms with Gasteiger partial charge in [-0.3, -0.25) is 0 Å². The summed E-state index contributed by atoms with van der Waals surface area (Å²) in [5.41, 5.74) is 2.22. The summed E-state index contributed by atoms with van der Waals surface area (Å²) in [7, 11) is -2.04. The molecule has 0 bridgehead atoms. The summed E-state index contributed by atoms with van der Waals surface area (Å²) in [4.78, 5) is 0.232. The van der Waals surface area contributed by atoms with Crippen molar-refractivity contribution >= 4 is 32.6 Å². The minimum absolute atomic E-state index is 0.0705. The van der Waals surface area contributed by atoms with Crippen LogP contribution >= 0.6 is 22.6 Å². The Morgan fingerprint density at radius 2 is 1.68 bits per heavy atom. The van der Waals surface area contributed by atoms with Crippen molar-refractivity contribution in [2.45, 2.75) is 44.0 Å². The van der Waals surface area contributed by atoms with E-state index in [0.29, 0.717) is 5.75 Å². The van der Waals surface area contributed by atoms with Crippen molar-refractivity contribution in [1.82, 2.24) is 4.72 Å². The molecule has 1 N–H and O–H groups in total. The van der Waals surface area contributed by atoms with Crippen LogP contribution < -0.4 is 9.46 Å². The quantitative estimate of drug-likeness (QED) is 0.644. The molecule has 0 saturated heterocycles. The summed E-state index contributed by atoms with van der Waals surface area (Å²) < 4.78 is 34.0.